The van der Waals surface area contributed by atoms with Gasteiger partial charge in [-0.25, -0.2) is 4.39 Å². The summed E-state index contributed by atoms with van der Waals surface area (Å²) in [5.41, 5.74) is 0.877. The zero-order valence-electron chi connectivity index (χ0n) is 15.1. The van der Waals surface area contributed by atoms with Gasteiger partial charge in [-0.05, 0) is 29.8 Å². The van der Waals surface area contributed by atoms with E-state index in [1.165, 1.54) is 18.2 Å². The number of carbonyl (C=O) groups excluding carboxylic acids is 1. The normalized spacial score (nSPS) is 16.0. The predicted molar refractivity (Wildman–Crippen MR) is 102 cm³/mol. The van der Waals surface area contributed by atoms with Gasteiger partial charge in [0.15, 0.2) is 0 Å². The van der Waals surface area contributed by atoms with Crippen LogP contribution in [0.15, 0.2) is 42.5 Å². The second kappa shape index (κ2) is 9.17. The Morgan fingerprint density at radius 3 is 2.74 bits per heavy atom. The molecule has 1 amide bonds. The monoisotopic (exact) mass is 392 g/mol. The molecular formula is C20H22ClFN2O3. The lowest BCUT2D eigenvalue weighted by atomic mass is 10.0. The number of carbonyl (C=O) groups is 1. The summed E-state index contributed by atoms with van der Waals surface area (Å²) in [6.45, 7) is 3.08. The summed E-state index contributed by atoms with van der Waals surface area (Å²) < 4.78 is 24.8. The number of amides is 1. The Morgan fingerprint density at radius 1 is 1.30 bits per heavy atom. The van der Waals surface area contributed by atoms with Crippen molar-refractivity contribution in [1.29, 1.82) is 0 Å². The Hall–Kier alpha value is -2.15. The fraction of sp³-hybridized carbons (Fsp3) is 0.350. The number of nitrogens with zero attached hydrogens (tertiary/aromatic N) is 1. The molecule has 7 heteroatoms. The van der Waals surface area contributed by atoms with Gasteiger partial charge in [-0.2, -0.15) is 0 Å². The highest BCUT2D eigenvalue weighted by molar-refractivity contribution is 6.33. The van der Waals surface area contributed by atoms with Crippen molar-refractivity contribution in [3.8, 4) is 5.75 Å². The number of nitrogens with one attached hydrogen (secondary N) is 1. The second-order valence-corrected chi connectivity index (χ2v) is 6.65. The van der Waals surface area contributed by atoms with Gasteiger partial charge in [0.25, 0.3) is 5.91 Å². The van der Waals surface area contributed by atoms with Crippen LogP contribution in [0.4, 0.5) is 4.39 Å². The lowest BCUT2D eigenvalue weighted by Crippen LogP contribution is -2.44. The van der Waals surface area contributed by atoms with E-state index < -0.39 is 11.7 Å². The van der Waals surface area contributed by atoms with Crippen LogP contribution in [0.2, 0.25) is 5.02 Å². The molecule has 1 N–H and O–H groups in total. The number of hydrogen-bond donors (Lipinski definition) is 1. The molecule has 3 rings (SSSR count). The first-order chi connectivity index (χ1) is 13.1. The summed E-state index contributed by atoms with van der Waals surface area (Å²) in [5.74, 6) is -0.419. The number of rotatable bonds is 6. The lowest BCUT2D eigenvalue weighted by Gasteiger charge is -2.35. The Kier molecular flexibility index (Phi) is 6.66. The molecule has 2 aromatic carbocycles. The Bertz CT molecular complexity index is 776. The average Bonchev–Trinajstić information content (AvgIpc) is 2.69. The van der Waals surface area contributed by atoms with Crippen LogP contribution in [0.25, 0.3) is 0 Å². The summed E-state index contributed by atoms with van der Waals surface area (Å²) in [7, 11) is 1.62. The fourth-order valence-corrected chi connectivity index (χ4v) is 3.44. The Labute approximate surface area is 163 Å². The van der Waals surface area contributed by atoms with Crippen LogP contribution >= 0.6 is 11.6 Å². The van der Waals surface area contributed by atoms with Gasteiger partial charge in [0.1, 0.15) is 11.6 Å². The third kappa shape index (κ3) is 4.77. The molecule has 2 aromatic rings. The van der Waals surface area contributed by atoms with Gasteiger partial charge in [0, 0.05) is 19.6 Å². The number of hydrogen-bond acceptors (Lipinski definition) is 4. The molecule has 1 fully saturated rings. The maximum absolute atomic E-state index is 14.0. The average molecular weight is 393 g/mol. The van der Waals surface area contributed by atoms with E-state index in [2.05, 4.69) is 10.2 Å². The molecule has 1 aliphatic rings. The molecule has 0 aliphatic carbocycles. The van der Waals surface area contributed by atoms with Gasteiger partial charge in [-0.15, -0.1) is 0 Å². The molecule has 1 heterocycles. The van der Waals surface area contributed by atoms with Crippen molar-refractivity contribution >= 4 is 17.5 Å². The standard InChI is InChI=1S/C20H22ClFN2O3/c1-26-15-5-2-4-14(12-15)18(24-8-10-27-11-9-24)13-23-20(25)19-16(21)6-3-7-17(19)22/h2-7,12,18H,8-11,13H2,1H3,(H,23,25)/t18-/m1/s1. The van der Waals surface area contributed by atoms with Crippen LogP contribution in [0, 0.1) is 5.82 Å². The van der Waals surface area contributed by atoms with Gasteiger partial charge in [-0.1, -0.05) is 29.8 Å². The summed E-state index contributed by atoms with van der Waals surface area (Å²) >= 11 is 6.00. The van der Waals surface area contributed by atoms with Gasteiger partial charge >= 0.3 is 0 Å². The molecule has 0 unspecified atom stereocenters. The summed E-state index contributed by atoms with van der Waals surface area (Å²) in [6.07, 6.45) is 0. The van der Waals surface area contributed by atoms with E-state index in [0.717, 1.165) is 24.4 Å². The van der Waals surface area contributed by atoms with E-state index in [-0.39, 0.29) is 16.6 Å². The maximum Gasteiger partial charge on any atom is 0.255 e. The number of ether oxygens (including phenoxy) is 2. The van der Waals surface area contributed by atoms with E-state index in [9.17, 15) is 9.18 Å². The lowest BCUT2D eigenvalue weighted by molar-refractivity contribution is 0.0162. The maximum atomic E-state index is 14.0. The van der Waals surface area contributed by atoms with Crippen LogP contribution in [0.1, 0.15) is 22.0 Å². The molecule has 1 aliphatic heterocycles. The number of morpholine rings is 1. The summed E-state index contributed by atoms with van der Waals surface area (Å²) in [4.78, 5) is 14.8. The first-order valence-corrected chi connectivity index (χ1v) is 9.16. The minimum absolute atomic E-state index is 0.0847. The molecule has 1 atom stereocenters. The first-order valence-electron chi connectivity index (χ1n) is 8.78. The van der Waals surface area contributed by atoms with Crippen LogP contribution in [0.5, 0.6) is 5.75 Å². The third-order valence-corrected chi connectivity index (χ3v) is 4.93. The van der Waals surface area contributed by atoms with Gasteiger partial charge < -0.3 is 14.8 Å². The molecule has 27 heavy (non-hydrogen) atoms. The second-order valence-electron chi connectivity index (χ2n) is 6.25. The molecule has 0 spiro atoms. The highest BCUT2D eigenvalue weighted by atomic mass is 35.5. The first kappa shape index (κ1) is 19.6. The van der Waals surface area contributed by atoms with Crippen molar-refractivity contribution in [3.05, 3.63) is 64.4 Å². The number of halogens is 2. The summed E-state index contributed by atoms with van der Waals surface area (Å²) in [6, 6.07) is 11.8. The third-order valence-electron chi connectivity index (χ3n) is 4.61. The largest absolute Gasteiger partial charge is 0.497 e. The Morgan fingerprint density at radius 2 is 2.04 bits per heavy atom. The van der Waals surface area contributed by atoms with Crippen LogP contribution in [-0.4, -0.2) is 50.8 Å². The van der Waals surface area contributed by atoms with E-state index in [1.807, 2.05) is 24.3 Å². The molecule has 0 radical (unpaired) electrons. The zero-order valence-corrected chi connectivity index (χ0v) is 15.8. The van der Waals surface area contributed by atoms with E-state index in [1.54, 1.807) is 7.11 Å². The molecular weight excluding hydrogens is 371 g/mol. The van der Waals surface area contributed by atoms with Gasteiger partial charge in [0.05, 0.1) is 37.0 Å². The van der Waals surface area contributed by atoms with E-state index in [4.69, 9.17) is 21.1 Å². The molecule has 0 aromatic heterocycles. The van der Waals surface area contributed by atoms with Gasteiger partial charge in [0.2, 0.25) is 0 Å². The topological polar surface area (TPSA) is 50.8 Å². The van der Waals surface area contributed by atoms with E-state index in [0.29, 0.717) is 19.8 Å². The molecule has 0 saturated carbocycles. The van der Waals surface area contributed by atoms with Crippen molar-refractivity contribution in [2.45, 2.75) is 6.04 Å². The Balaban J connectivity index is 1.79. The minimum atomic E-state index is -0.635. The highest BCUT2D eigenvalue weighted by Crippen LogP contribution is 2.25. The number of benzene rings is 2. The van der Waals surface area contributed by atoms with Gasteiger partial charge in [-0.3, -0.25) is 9.69 Å². The quantitative estimate of drug-likeness (QED) is 0.819. The minimum Gasteiger partial charge on any atom is -0.497 e. The SMILES string of the molecule is COc1cccc([C@@H](CNC(=O)c2c(F)cccc2Cl)N2CCOCC2)c1. The van der Waals surface area contributed by atoms with Crippen molar-refractivity contribution < 1.29 is 18.7 Å². The highest BCUT2D eigenvalue weighted by Gasteiger charge is 2.25. The van der Waals surface area contributed by atoms with Crippen molar-refractivity contribution in [2.24, 2.45) is 0 Å². The smallest absolute Gasteiger partial charge is 0.255 e. The molecule has 5 nitrogen and oxygen atoms in total. The van der Waals surface area contributed by atoms with Crippen molar-refractivity contribution in [3.63, 3.8) is 0 Å². The predicted octanol–water partition coefficient (Wildman–Crippen LogP) is 3.29. The van der Waals surface area contributed by atoms with Crippen molar-refractivity contribution in [2.75, 3.05) is 40.0 Å². The molecule has 1 saturated heterocycles. The van der Waals surface area contributed by atoms with Crippen LogP contribution in [0.3, 0.4) is 0 Å². The molecule has 0 bridgehead atoms. The summed E-state index contributed by atoms with van der Waals surface area (Å²) in [5, 5.41) is 2.92. The zero-order chi connectivity index (χ0) is 19.2. The number of methoxy groups -OCH3 is 1. The van der Waals surface area contributed by atoms with E-state index >= 15 is 0 Å². The van der Waals surface area contributed by atoms with Crippen LogP contribution < -0.4 is 10.1 Å². The molecule has 144 valence electrons. The van der Waals surface area contributed by atoms with Crippen molar-refractivity contribution in [1.82, 2.24) is 10.2 Å². The van der Waals surface area contributed by atoms with Crippen LogP contribution in [-0.2, 0) is 4.74 Å². The fourth-order valence-electron chi connectivity index (χ4n) is 3.19.